The summed E-state index contributed by atoms with van der Waals surface area (Å²) in [6.45, 7) is 4.36. The first-order valence-corrected chi connectivity index (χ1v) is 14.7. The maximum atomic E-state index is 13.7. The number of nitrogens with zero attached hydrogens (tertiary/aromatic N) is 3. The number of ether oxygens (including phenoxy) is 1. The minimum absolute atomic E-state index is 0.309. The Kier molecular flexibility index (Phi) is 10.1. The van der Waals surface area contributed by atoms with Gasteiger partial charge in [0.1, 0.15) is 11.6 Å². The Morgan fingerprint density at radius 3 is 1.98 bits per heavy atom. The number of unbranched alkanes of at least 4 members (excludes halogenated alkanes) is 1. The van der Waals surface area contributed by atoms with Gasteiger partial charge in [-0.05, 0) is 29.7 Å². The van der Waals surface area contributed by atoms with Crippen LogP contribution in [0.3, 0.4) is 0 Å². The van der Waals surface area contributed by atoms with E-state index < -0.39 is 12.5 Å². The number of hydrogen-bond donors (Lipinski definition) is 0. The Morgan fingerprint density at radius 2 is 1.34 bits per heavy atom. The lowest BCUT2D eigenvalue weighted by molar-refractivity contribution is -0.253. The van der Waals surface area contributed by atoms with Crippen LogP contribution in [0.2, 0.25) is 0 Å². The summed E-state index contributed by atoms with van der Waals surface area (Å²) in [5, 5.41) is 0. The van der Waals surface area contributed by atoms with Gasteiger partial charge in [-0.1, -0.05) is 116 Å². The van der Waals surface area contributed by atoms with E-state index in [9.17, 15) is 17.6 Å². The van der Waals surface area contributed by atoms with E-state index >= 15 is 0 Å². The predicted molar refractivity (Wildman–Crippen MR) is 165 cm³/mol. The molecule has 0 unspecified atom stereocenters. The highest BCUT2D eigenvalue weighted by atomic mass is 19.3. The van der Waals surface area contributed by atoms with Crippen molar-refractivity contribution in [2.24, 2.45) is 0 Å². The van der Waals surface area contributed by atoms with E-state index in [2.05, 4.69) is 45.4 Å². The lowest BCUT2D eigenvalue weighted by Crippen LogP contribution is -2.33. The second kappa shape index (κ2) is 14.4. The fourth-order valence-corrected chi connectivity index (χ4v) is 5.23. The third kappa shape index (κ3) is 7.74. The monoisotopic (exact) mass is 601 g/mol. The van der Waals surface area contributed by atoms with Crippen LogP contribution >= 0.6 is 0 Å². The van der Waals surface area contributed by atoms with Gasteiger partial charge >= 0.3 is 12.5 Å². The maximum Gasteiger partial charge on any atom is 0.461 e. The molecule has 44 heavy (non-hydrogen) atoms. The molecule has 0 aliphatic rings. The van der Waals surface area contributed by atoms with Gasteiger partial charge in [-0.15, -0.1) is 0 Å². The average molecular weight is 602 g/mol. The molecule has 0 amide bonds. The molecular weight excluding hydrogens is 566 g/mol. The van der Waals surface area contributed by atoms with E-state index in [4.69, 9.17) is 4.98 Å². The summed E-state index contributed by atoms with van der Waals surface area (Å²) in [7, 11) is 0. The first kappa shape index (κ1) is 31.0. The van der Waals surface area contributed by atoms with Crippen LogP contribution in [0.4, 0.5) is 17.6 Å². The van der Waals surface area contributed by atoms with Crippen molar-refractivity contribution in [2.45, 2.75) is 58.5 Å². The normalized spacial score (nSPS) is 11.8. The molecule has 5 rings (SSSR count). The standard InChI is InChI=1S/C36H35F4N3O/c1-2-3-22-43-32(33(29-17-9-5-10-18-29)41-34(43)30-19-11-6-12-20-30)26-42(24-27-14-7-4-8-15-27)25-28-16-13-21-31(23-28)44-36(39,40)35(37)38/h4-21,23,35H,2-3,22,24-26H2,1H3. The van der Waals surface area contributed by atoms with Crippen LogP contribution in [0, 0.1) is 0 Å². The van der Waals surface area contributed by atoms with Crippen molar-refractivity contribution in [1.29, 1.82) is 0 Å². The van der Waals surface area contributed by atoms with Crippen LogP contribution in [0.15, 0.2) is 115 Å². The lowest BCUT2D eigenvalue weighted by Gasteiger charge is -2.25. The third-order valence-electron chi connectivity index (χ3n) is 7.32. The van der Waals surface area contributed by atoms with E-state index in [0.29, 0.717) is 25.2 Å². The first-order valence-electron chi connectivity index (χ1n) is 14.7. The Bertz CT molecular complexity index is 1610. The zero-order chi connectivity index (χ0) is 30.9. The van der Waals surface area contributed by atoms with Crippen molar-refractivity contribution in [3.05, 3.63) is 132 Å². The third-order valence-corrected chi connectivity index (χ3v) is 7.32. The van der Waals surface area contributed by atoms with Gasteiger partial charge < -0.3 is 9.30 Å². The van der Waals surface area contributed by atoms with Crippen LogP contribution in [0.25, 0.3) is 22.6 Å². The summed E-state index contributed by atoms with van der Waals surface area (Å²) in [6, 6.07) is 36.2. The molecule has 4 nitrogen and oxygen atoms in total. The molecular formula is C36H35F4N3O. The molecule has 4 aromatic carbocycles. The number of alkyl halides is 4. The molecule has 0 atom stereocenters. The molecule has 0 saturated heterocycles. The van der Waals surface area contributed by atoms with Crippen molar-refractivity contribution < 1.29 is 22.3 Å². The number of rotatable bonds is 14. The summed E-state index contributed by atoms with van der Waals surface area (Å²) in [6.07, 6.45) is -6.53. The van der Waals surface area contributed by atoms with Crippen LogP contribution in [0.5, 0.6) is 5.75 Å². The molecule has 0 radical (unpaired) electrons. The highest BCUT2D eigenvalue weighted by Crippen LogP contribution is 2.32. The van der Waals surface area contributed by atoms with Gasteiger partial charge in [-0.2, -0.15) is 17.6 Å². The number of aromatic nitrogens is 2. The van der Waals surface area contributed by atoms with Crippen molar-refractivity contribution >= 4 is 0 Å². The van der Waals surface area contributed by atoms with Gasteiger partial charge in [0, 0.05) is 37.3 Å². The molecule has 0 saturated carbocycles. The van der Waals surface area contributed by atoms with Crippen molar-refractivity contribution in [3.63, 3.8) is 0 Å². The Labute approximate surface area is 255 Å². The summed E-state index contributed by atoms with van der Waals surface area (Å²) >= 11 is 0. The van der Waals surface area contributed by atoms with E-state index in [1.54, 1.807) is 12.1 Å². The molecule has 8 heteroatoms. The van der Waals surface area contributed by atoms with Gasteiger partial charge in [-0.25, -0.2) is 4.98 Å². The van der Waals surface area contributed by atoms with E-state index in [-0.39, 0.29) is 5.75 Å². The lowest BCUT2D eigenvalue weighted by atomic mass is 10.1. The van der Waals surface area contributed by atoms with Crippen LogP contribution in [-0.4, -0.2) is 27.0 Å². The molecule has 0 aliphatic heterocycles. The molecule has 0 N–H and O–H groups in total. The number of benzene rings is 4. The average Bonchev–Trinajstić information content (AvgIpc) is 3.39. The molecule has 228 valence electrons. The Morgan fingerprint density at radius 1 is 0.750 bits per heavy atom. The summed E-state index contributed by atoms with van der Waals surface area (Å²) in [4.78, 5) is 7.41. The quantitative estimate of drug-likeness (QED) is 0.119. The van der Waals surface area contributed by atoms with E-state index in [1.807, 2.05) is 66.7 Å². The fourth-order valence-electron chi connectivity index (χ4n) is 5.23. The van der Waals surface area contributed by atoms with Crippen molar-refractivity contribution in [2.75, 3.05) is 0 Å². The van der Waals surface area contributed by atoms with Crippen molar-refractivity contribution in [1.82, 2.24) is 14.5 Å². The summed E-state index contributed by atoms with van der Waals surface area (Å²) in [5.41, 5.74) is 5.68. The van der Waals surface area contributed by atoms with Crippen LogP contribution in [0.1, 0.15) is 36.6 Å². The highest BCUT2D eigenvalue weighted by molar-refractivity contribution is 5.68. The van der Waals surface area contributed by atoms with Gasteiger partial charge in [0.2, 0.25) is 0 Å². The molecule has 1 aromatic heterocycles. The maximum absolute atomic E-state index is 13.7. The molecule has 1 heterocycles. The van der Waals surface area contributed by atoms with Gasteiger partial charge in [0.05, 0.1) is 11.4 Å². The molecule has 5 aromatic rings. The summed E-state index contributed by atoms with van der Waals surface area (Å²) < 4.78 is 59.8. The number of halogens is 4. The first-order chi connectivity index (χ1) is 21.3. The Hall–Kier alpha value is -4.43. The largest absolute Gasteiger partial charge is 0.461 e. The summed E-state index contributed by atoms with van der Waals surface area (Å²) in [5.74, 6) is 0.578. The van der Waals surface area contributed by atoms with Gasteiger partial charge in [-0.3, -0.25) is 4.90 Å². The Balaban J connectivity index is 1.57. The highest BCUT2D eigenvalue weighted by Gasteiger charge is 2.44. The van der Waals surface area contributed by atoms with Gasteiger partial charge in [0.25, 0.3) is 0 Å². The van der Waals surface area contributed by atoms with Crippen molar-refractivity contribution in [3.8, 4) is 28.4 Å². The molecule has 0 fully saturated rings. The predicted octanol–water partition coefficient (Wildman–Crippen LogP) is 9.46. The van der Waals surface area contributed by atoms with E-state index in [1.165, 1.54) is 12.1 Å². The SMILES string of the molecule is CCCCn1c(-c2ccccc2)nc(-c2ccccc2)c1CN(Cc1ccccc1)Cc1cccc(OC(F)(F)C(F)F)c1. The smallest absolute Gasteiger partial charge is 0.428 e. The number of imidazole rings is 1. The number of hydrogen-bond acceptors (Lipinski definition) is 3. The topological polar surface area (TPSA) is 30.3 Å². The molecule has 0 spiro atoms. The zero-order valence-electron chi connectivity index (χ0n) is 24.6. The minimum Gasteiger partial charge on any atom is -0.428 e. The zero-order valence-corrected chi connectivity index (χ0v) is 24.6. The molecule has 0 bridgehead atoms. The van der Waals surface area contributed by atoms with Crippen LogP contribution in [-0.2, 0) is 26.2 Å². The van der Waals surface area contributed by atoms with Gasteiger partial charge in [0.15, 0.2) is 0 Å². The second-order valence-corrected chi connectivity index (χ2v) is 10.7. The van der Waals surface area contributed by atoms with Crippen LogP contribution < -0.4 is 4.74 Å². The fraction of sp³-hybridized carbons (Fsp3) is 0.250. The second-order valence-electron chi connectivity index (χ2n) is 10.7. The molecule has 0 aliphatic carbocycles. The van der Waals surface area contributed by atoms with E-state index in [0.717, 1.165) is 53.3 Å². The minimum atomic E-state index is -4.58.